The lowest BCUT2D eigenvalue weighted by Crippen LogP contribution is -2.28. The number of ether oxygens (including phenoxy) is 2. The van der Waals surface area contributed by atoms with Crippen molar-refractivity contribution >= 4 is 34.6 Å². The van der Waals surface area contributed by atoms with Crippen LogP contribution in [0.1, 0.15) is 45.5 Å². The van der Waals surface area contributed by atoms with Gasteiger partial charge in [0.15, 0.2) is 0 Å². The highest BCUT2D eigenvalue weighted by Crippen LogP contribution is 2.32. The Morgan fingerprint density at radius 3 is 2.33 bits per heavy atom. The van der Waals surface area contributed by atoms with Crippen LogP contribution >= 0.6 is 11.3 Å². The summed E-state index contributed by atoms with van der Waals surface area (Å²) in [7, 11) is 1.74. The Kier molecular flexibility index (Phi) is 8.67. The molecule has 0 atom stereocenters. The van der Waals surface area contributed by atoms with Gasteiger partial charge in [0.25, 0.3) is 11.8 Å². The van der Waals surface area contributed by atoms with E-state index >= 15 is 0 Å². The molecule has 4 rings (SSSR count). The number of benzene rings is 1. The summed E-state index contributed by atoms with van der Waals surface area (Å²) in [6.07, 6.45) is 6.55. The number of hydrogen-bond acceptors (Lipinski definition) is 8. The van der Waals surface area contributed by atoms with Crippen LogP contribution in [0.4, 0.5) is 17.6 Å². The van der Waals surface area contributed by atoms with Crippen molar-refractivity contribution in [3.05, 3.63) is 52.9 Å². The molecule has 2 aromatic heterocycles. The molecular weight excluding hydrogens is 542 g/mol. The Hall–Kier alpha value is -4.16. The maximum absolute atomic E-state index is 12.7. The molecule has 3 aromatic rings. The van der Waals surface area contributed by atoms with Gasteiger partial charge in [0.2, 0.25) is 0 Å². The van der Waals surface area contributed by atoms with Crippen LogP contribution in [0.2, 0.25) is 0 Å². The van der Waals surface area contributed by atoms with E-state index in [0.717, 1.165) is 42.4 Å². The maximum Gasteiger partial charge on any atom is 0.387 e. The first kappa shape index (κ1) is 27.9. The molecule has 0 bridgehead atoms. The third-order valence-corrected chi connectivity index (χ3v) is 6.44. The van der Waals surface area contributed by atoms with Crippen molar-refractivity contribution in [2.45, 2.75) is 33.0 Å². The number of halogens is 4. The van der Waals surface area contributed by atoms with Crippen molar-refractivity contribution in [3.8, 4) is 22.2 Å². The minimum absolute atomic E-state index is 0.149. The molecule has 1 aliphatic carbocycles. The fraction of sp³-hybridized carbons (Fsp3) is 0.320. The molecule has 9 nitrogen and oxygen atoms in total. The lowest BCUT2D eigenvalue weighted by Gasteiger charge is -2.14. The third kappa shape index (κ3) is 7.45. The fourth-order valence-corrected chi connectivity index (χ4v) is 4.41. The number of carbonyl (C=O) groups excluding carboxylic acids is 2. The van der Waals surface area contributed by atoms with Crippen LogP contribution in [0, 0.1) is 5.92 Å². The number of alkyl halides is 4. The lowest BCUT2D eigenvalue weighted by atomic mass is 10.2. The second kappa shape index (κ2) is 12.1. The summed E-state index contributed by atoms with van der Waals surface area (Å²) in [5, 5.41) is 0.416. The number of carbonyl (C=O) groups is 2. The molecule has 0 saturated heterocycles. The SMILES string of the molecule is CC(=C=NC(=O)c1cc(OC(F)F)cc(OC(F)F)c1)c1nccnc1-c1ncc(C(=O)N(C)CC2CC2)s1. The number of nitrogens with zero attached hydrogens (tertiary/aromatic N) is 5. The maximum atomic E-state index is 12.7. The van der Waals surface area contributed by atoms with Crippen LogP contribution in [0.25, 0.3) is 16.3 Å². The van der Waals surface area contributed by atoms with Crippen molar-refractivity contribution in [1.82, 2.24) is 19.9 Å². The summed E-state index contributed by atoms with van der Waals surface area (Å²) >= 11 is 1.14. The van der Waals surface area contributed by atoms with Crippen molar-refractivity contribution in [3.63, 3.8) is 0 Å². The molecule has 1 saturated carbocycles. The van der Waals surface area contributed by atoms with Crippen molar-refractivity contribution in [2.24, 2.45) is 10.9 Å². The fourth-order valence-electron chi connectivity index (χ4n) is 3.50. The highest BCUT2D eigenvalue weighted by molar-refractivity contribution is 7.16. The van der Waals surface area contributed by atoms with Crippen molar-refractivity contribution in [2.75, 3.05) is 13.6 Å². The number of hydrogen-bond donors (Lipinski definition) is 0. The summed E-state index contributed by atoms with van der Waals surface area (Å²) in [6, 6.07) is 2.62. The number of aromatic nitrogens is 3. The average Bonchev–Trinajstić information content (AvgIpc) is 3.56. The Morgan fingerprint density at radius 2 is 1.72 bits per heavy atom. The van der Waals surface area contributed by atoms with Crippen LogP contribution < -0.4 is 9.47 Å². The Labute approximate surface area is 223 Å². The van der Waals surface area contributed by atoms with Crippen LogP contribution in [-0.4, -0.2) is 64.4 Å². The van der Waals surface area contributed by atoms with Gasteiger partial charge in [-0.1, -0.05) is 0 Å². The largest absolute Gasteiger partial charge is 0.435 e. The molecule has 1 fully saturated rings. The van der Waals surface area contributed by atoms with Crippen LogP contribution in [0.3, 0.4) is 0 Å². The quantitative estimate of drug-likeness (QED) is 0.247. The smallest absolute Gasteiger partial charge is 0.387 e. The van der Waals surface area contributed by atoms with Gasteiger partial charge in [-0.05, 0) is 43.7 Å². The Balaban J connectivity index is 1.59. The van der Waals surface area contributed by atoms with Gasteiger partial charge in [-0.25, -0.2) is 9.97 Å². The van der Waals surface area contributed by atoms with E-state index in [1.54, 1.807) is 18.9 Å². The van der Waals surface area contributed by atoms with Gasteiger partial charge in [-0.3, -0.25) is 14.6 Å². The lowest BCUT2D eigenvalue weighted by molar-refractivity contribution is -0.0543. The molecule has 0 N–H and O–H groups in total. The van der Waals surface area contributed by atoms with Gasteiger partial charge in [-0.15, -0.1) is 11.3 Å². The summed E-state index contributed by atoms with van der Waals surface area (Å²) in [6.45, 7) is -4.27. The molecule has 0 aliphatic heterocycles. The molecule has 204 valence electrons. The zero-order valence-electron chi connectivity index (χ0n) is 20.6. The molecule has 39 heavy (non-hydrogen) atoms. The summed E-state index contributed by atoms with van der Waals surface area (Å²) in [4.78, 5) is 44.0. The first-order valence-electron chi connectivity index (χ1n) is 11.5. The van der Waals surface area contributed by atoms with Gasteiger partial charge < -0.3 is 14.4 Å². The first-order valence-corrected chi connectivity index (χ1v) is 12.3. The van der Waals surface area contributed by atoms with Crippen molar-refractivity contribution in [1.29, 1.82) is 0 Å². The van der Waals surface area contributed by atoms with E-state index < -0.39 is 30.6 Å². The topological polar surface area (TPSA) is 107 Å². The van der Waals surface area contributed by atoms with E-state index in [1.807, 2.05) is 0 Å². The standard InChI is InChI=1S/C25H21F4N5O4S/c1-13(10-32-21(35)15-7-16(37-24(26)27)9-17(8-15)38-25(28)29)19-20(31-6-5-30-19)22-33-11-18(39-22)23(36)34(2)12-14-3-4-14/h5-9,11,14,24-25H,3-4,12H2,1-2H3. The van der Waals surface area contributed by atoms with E-state index in [-0.39, 0.29) is 22.7 Å². The minimum Gasteiger partial charge on any atom is -0.435 e. The monoisotopic (exact) mass is 563 g/mol. The van der Waals surface area contributed by atoms with Gasteiger partial charge in [0.1, 0.15) is 32.8 Å². The number of thiazole rings is 1. The molecule has 1 aromatic carbocycles. The zero-order valence-corrected chi connectivity index (χ0v) is 21.4. The zero-order chi connectivity index (χ0) is 28.1. The third-order valence-electron chi connectivity index (χ3n) is 5.45. The Morgan fingerprint density at radius 1 is 1.08 bits per heavy atom. The highest BCUT2D eigenvalue weighted by Gasteiger charge is 2.26. The van der Waals surface area contributed by atoms with Gasteiger partial charge in [0.05, 0.1) is 6.20 Å². The Bertz CT molecular complexity index is 1410. The van der Waals surface area contributed by atoms with Crippen LogP contribution in [0.5, 0.6) is 11.5 Å². The predicted molar refractivity (Wildman–Crippen MR) is 133 cm³/mol. The number of amides is 2. The molecule has 14 heteroatoms. The number of aliphatic imine (C=N–C) groups is 1. The van der Waals surface area contributed by atoms with Crippen LogP contribution in [-0.2, 0) is 0 Å². The summed E-state index contributed by atoms with van der Waals surface area (Å²) in [5.74, 6) is 0.800. The van der Waals surface area contributed by atoms with E-state index in [1.165, 1.54) is 18.6 Å². The minimum atomic E-state index is -3.25. The normalized spacial score (nSPS) is 12.7. The highest BCUT2D eigenvalue weighted by atomic mass is 32.1. The van der Waals surface area contributed by atoms with Gasteiger partial charge in [0, 0.05) is 43.2 Å². The van der Waals surface area contributed by atoms with E-state index in [9.17, 15) is 27.2 Å². The second-order valence-electron chi connectivity index (χ2n) is 8.52. The number of rotatable bonds is 10. The van der Waals surface area contributed by atoms with E-state index in [2.05, 4.69) is 35.3 Å². The van der Waals surface area contributed by atoms with E-state index in [0.29, 0.717) is 28.0 Å². The molecule has 2 amide bonds. The summed E-state index contributed by atoms with van der Waals surface area (Å²) < 4.78 is 59.0. The van der Waals surface area contributed by atoms with E-state index in [4.69, 9.17) is 0 Å². The van der Waals surface area contributed by atoms with Gasteiger partial charge >= 0.3 is 13.2 Å². The molecule has 0 unspecified atom stereocenters. The van der Waals surface area contributed by atoms with Crippen LogP contribution in [0.15, 0.2) is 41.8 Å². The molecule has 1 aliphatic rings. The average molecular weight is 564 g/mol. The molecule has 2 heterocycles. The van der Waals surface area contributed by atoms with Gasteiger partial charge in [-0.2, -0.15) is 22.6 Å². The first-order chi connectivity index (χ1) is 18.6. The molecule has 0 spiro atoms. The van der Waals surface area contributed by atoms with Crippen molar-refractivity contribution < 1.29 is 36.6 Å². The molecular formula is C25H21F4N5O4S. The predicted octanol–water partition coefficient (Wildman–Crippen LogP) is 5.20. The second-order valence-corrected chi connectivity index (χ2v) is 9.55. The summed E-state index contributed by atoms with van der Waals surface area (Å²) in [5.41, 5.74) is 0.538. The number of allylic oxidation sites excluding steroid dienone is 1. The molecule has 0 radical (unpaired) electrons.